The van der Waals surface area contributed by atoms with Gasteiger partial charge in [-0.05, 0) is 35.7 Å². The second kappa shape index (κ2) is 6.40. The second-order valence-electron chi connectivity index (χ2n) is 5.22. The molecule has 1 aliphatic heterocycles. The van der Waals surface area contributed by atoms with Crippen LogP contribution in [0, 0.1) is 0 Å². The highest BCUT2D eigenvalue weighted by Gasteiger charge is 2.23. The Hall–Kier alpha value is -1.37. The van der Waals surface area contributed by atoms with E-state index < -0.39 is 9.84 Å². The van der Waals surface area contributed by atoms with E-state index in [0.29, 0.717) is 11.5 Å². The highest BCUT2D eigenvalue weighted by atomic mass is 32.2. The Labute approximate surface area is 135 Å². The Morgan fingerprint density at radius 1 is 1.27 bits per heavy atom. The van der Waals surface area contributed by atoms with Crippen molar-refractivity contribution in [2.24, 2.45) is 0 Å². The van der Waals surface area contributed by atoms with Crippen LogP contribution < -0.4 is 4.90 Å². The zero-order valence-corrected chi connectivity index (χ0v) is 14.1. The SMILES string of the molecule is CCS(=O)(=O)c1ccc(N2CCO[C@H](c3cccs3)C2)cc1. The molecule has 1 aliphatic rings. The first kappa shape index (κ1) is 15.5. The molecule has 0 saturated carbocycles. The van der Waals surface area contributed by atoms with Crippen molar-refractivity contribution in [3.05, 3.63) is 46.7 Å². The van der Waals surface area contributed by atoms with Gasteiger partial charge in [-0.1, -0.05) is 13.0 Å². The van der Waals surface area contributed by atoms with Crippen LogP contribution in [0.2, 0.25) is 0 Å². The molecule has 0 bridgehead atoms. The summed E-state index contributed by atoms with van der Waals surface area (Å²) < 4.78 is 29.6. The average molecular weight is 337 g/mol. The van der Waals surface area contributed by atoms with Crippen LogP contribution in [0.15, 0.2) is 46.7 Å². The van der Waals surface area contributed by atoms with Crippen molar-refractivity contribution >= 4 is 26.9 Å². The second-order valence-corrected chi connectivity index (χ2v) is 8.48. The third-order valence-corrected chi connectivity index (χ3v) is 6.58. The lowest BCUT2D eigenvalue weighted by atomic mass is 10.2. The number of thiophene rings is 1. The van der Waals surface area contributed by atoms with Crippen molar-refractivity contribution in [2.45, 2.75) is 17.9 Å². The van der Waals surface area contributed by atoms with Crippen LogP contribution in [0.1, 0.15) is 17.9 Å². The number of nitrogens with zero attached hydrogens (tertiary/aromatic N) is 1. The molecule has 4 nitrogen and oxygen atoms in total. The van der Waals surface area contributed by atoms with Crippen molar-refractivity contribution < 1.29 is 13.2 Å². The summed E-state index contributed by atoms with van der Waals surface area (Å²) in [5, 5.41) is 2.06. The molecule has 0 aliphatic carbocycles. The van der Waals surface area contributed by atoms with Crippen LogP contribution in [0.25, 0.3) is 0 Å². The number of benzene rings is 1. The fourth-order valence-corrected chi connectivity index (χ4v) is 4.21. The summed E-state index contributed by atoms with van der Waals surface area (Å²) in [6.45, 7) is 3.95. The lowest BCUT2D eigenvalue weighted by molar-refractivity contribution is 0.0421. The van der Waals surface area contributed by atoms with Gasteiger partial charge in [-0.3, -0.25) is 0 Å². The third-order valence-electron chi connectivity index (χ3n) is 3.87. The summed E-state index contributed by atoms with van der Waals surface area (Å²) in [5.41, 5.74) is 1.04. The summed E-state index contributed by atoms with van der Waals surface area (Å²) in [5.74, 6) is 0.129. The number of sulfone groups is 1. The maximum Gasteiger partial charge on any atom is 0.178 e. The molecule has 6 heteroatoms. The van der Waals surface area contributed by atoms with Gasteiger partial charge >= 0.3 is 0 Å². The van der Waals surface area contributed by atoms with Crippen LogP contribution in [0.5, 0.6) is 0 Å². The lowest BCUT2D eigenvalue weighted by Crippen LogP contribution is -2.38. The molecule has 2 aromatic rings. The van der Waals surface area contributed by atoms with E-state index in [1.807, 2.05) is 18.2 Å². The highest BCUT2D eigenvalue weighted by molar-refractivity contribution is 7.91. The van der Waals surface area contributed by atoms with Crippen molar-refractivity contribution in [2.75, 3.05) is 30.3 Å². The fourth-order valence-electron chi connectivity index (χ4n) is 2.56. The van der Waals surface area contributed by atoms with Gasteiger partial charge < -0.3 is 9.64 Å². The van der Waals surface area contributed by atoms with Crippen molar-refractivity contribution in [1.29, 1.82) is 0 Å². The maximum atomic E-state index is 11.9. The van der Waals surface area contributed by atoms with Crippen LogP contribution in [0.3, 0.4) is 0 Å². The fraction of sp³-hybridized carbons (Fsp3) is 0.375. The van der Waals surface area contributed by atoms with E-state index in [1.165, 1.54) is 4.88 Å². The molecular formula is C16H19NO3S2. The van der Waals surface area contributed by atoms with Crippen LogP contribution in [0.4, 0.5) is 5.69 Å². The van der Waals surface area contributed by atoms with Gasteiger partial charge in [0, 0.05) is 23.7 Å². The molecule has 118 valence electrons. The molecule has 2 heterocycles. The molecule has 0 radical (unpaired) electrons. The summed E-state index contributed by atoms with van der Waals surface area (Å²) >= 11 is 1.70. The predicted octanol–water partition coefficient (Wildman–Crippen LogP) is 3.12. The maximum absolute atomic E-state index is 11.9. The Morgan fingerprint density at radius 2 is 2.05 bits per heavy atom. The molecule has 1 saturated heterocycles. The summed E-state index contributed by atoms with van der Waals surface area (Å²) in [4.78, 5) is 3.87. The number of hydrogen-bond acceptors (Lipinski definition) is 5. The van der Waals surface area contributed by atoms with Gasteiger partial charge in [-0.25, -0.2) is 8.42 Å². The Kier molecular flexibility index (Phi) is 4.52. The van der Waals surface area contributed by atoms with Gasteiger partial charge in [0.25, 0.3) is 0 Å². The van der Waals surface area contributed by atoms with Crippen LogP contribution >= 0.6 is 11.3 Å². The Bertz CT molecular complexity index is 708. The molecule has 22 heavy (non-hydrogen) atoms. The first-order valence-electron chi connectivity index (χ1n) is 7.33. The van der Waals surface area contributed by atoms with E-state index in [1.54, 1.807) is 30.4 Å². The van der Waals surface area contributed by atoms with Gasteiger partial charge in [0.15, 0.2) is 9.84 Å². The minimum Gasteiger partial charge on any atom is -0.369 e. The zero-order chi connectivity index (χ0) is 15.6. The molecule has 0 N–H and O–H groups in total. The lowest BCUT2D eigenvalue weighted by Gasteiger charge is -2.34. The van der Waals surface area contributed by atoms with E-state index in [2.05, 4.69) is 16.3 Å². The molecule has 1 aromatic carbocycles. The largest absolute Gasteiger partial charge is 0.369 e. The van der Waals surface area contributed by atoms with E-state index in [0.717, 1.165) is 18.8 Å². The van der Waals surface area contributed by atoms with Crippen LogP contribution in [-0.2, 0) is 14.6 Å². The first-order chi connectivity index (χ1) is 10.6. The highest BCUT2D eigenvalue weighted by Crippen LogP contribution is 2.29. The topological polar surface area (TPSA) is 46.6 Å². The number of morpholine rings is 1. The molecular weight excluding hydrogens is 318 g/mol. The molecule has 1 atom stereocenters. The Balaban J connectivity index is 1.76. The van der Waals surface area contributed by atoms with Crippen LogP contribution in [-0.4, -0.2) is 33.9 Å². The van der Waals surface area contributed by atoms with Gasteiger partial charge in [0.05, 0.1) is 17.3 Å². The molecule has 0 unspecified atom stereocenters. The molecule has 0 spiro atoms. The Morgan fingerprint density at radius 3 is 2.68 bits per heavy atom. The van der Waals surface area contributed by atoms with E-state index in [9.17, 15) is 8.42 Å². The standard InChI is InChI=1S/C16H19NO3S2/c1-2-22(18,19)14-7-5-13(6-8-14)17-9-10-20-15(12-17)16-4-3-11-21-16/h3-8,11,15H,2,9-10,12H2,1H3/t15-/m0/s1. The predicted molar refractivity (Wildman–Crippen MR) is 89.4 cm³/mol. The number of rotatable bonds is 4. The summed E-state index contributed by atoms with van der Waals surface area (Å²) in [7, 11) is -3.13. The molecule has 1 aromatic heterocycles. The van der Waals surface area contributed by atoms with Gasteiger partial charge in [0.1, 0.15) is 6.10 Å². The van der Waals surface area contributed by atoms with E-state index in [4.69, 9.17) is 4.74 Å². The number of ether oxygens (including phenoxy) is 1. The third kappa shape index (κ3) is 3.19. The molecule has 1 fully saturated rings. The van der Waals surface area contributed by atoms with Gasteiger partial charge in [-0.15, -0.1) is 11.3 Å². The molecule has 0 amide bonds. The van der Waals surface area contributed by atoms with E-state index in [-0.39, 0.29) is 11.9 Å². The van der Waals surface area contributed by atoms with Gasteiger partial charge in [-0.2, -0.15) is 0 Å². The smallest absolute Gasteiger partial charge is 0.178 e. The zero-order valence-electron chi connectivity index (χ0n) is 12.4. The van der Waals surface area contributed by atoms with Crippen molar-refractivity contribution in [3.8, 4) is 0 Å². The van der Waals surface area contributed by atoms with Gasteiger partial charge in [0.2, 0.25) is 0 Å². The minimum atomic E-state index is -3.13. The average Bonchev–Trinajstić information content (AvgIpc) is 3.10. The molecule has 3 rings (SSSR count). The quantitative estimate of drug-likeness (QED) is 0.860. The monoisotopic (exact) mass is 337 g/mol. The van der Waals surface area contributed by atoms with Crippen molar-refractivity contribution in [1.82, 2.24) is 0 Å². The van der Waals surface area contributed by atoms with E-state index >= 15 is 0 Å². The number of anilines is 1. The first-order valence-corrected chi connectivity index (χ1v) is 9.86. The summed E-state index contributed by atoms with van der Waals surface area (Å²) in [6.07, 6.45) is 0.0906. The summed E-state index contributed by atoms with van der Waals surface area (Å²) in [6, 6.07) is 11.3. The number of hydrogen-bond donors (Lipinski definition) is 0. The minimum absolute atomic E-state index is 0.0906. The normalized spacial score (nSPS) is 19.3. The van der Waals surface area contributed by atoms with Crippen molar-refractivity contribution in [3.63, 3.8) is 0 Å².